The summed E-state index contributed by atoms with van der Waals surface area (Å²) in [5, 5.41) is 9.21. The Hall–Kier alpha value is -0.950. The number of sulfonamides is 1. The largest absolute Gasteiger partial charge is 0.392 e. The van der Waals surface area contributed by atoms with E-state index in [1.54, 1.807) is 18.2 Å². The van der Waals surface area contributed by atoms with Crippen LogP contribution in [0, 0.1) is 0 Å². The van der Waals surface area contributed by atoms with Crippen LogP contribution in [0.1, 0.15) is 24.8 Å². The summed E-state index contributed by atoms with van der Waals surface area (Å²) in [6.45, 7) is 2.97. The lowest BCUT2D eigenvalue weighted by atomic mass is 10.1. The van der Waals surface area contributed by atoms with Crippen LogP contribution in [0.4, 0.5) is 0 Å². The maximum atomic E-state index is 12.2. The molecule has 1 heterocycles. The summed E-state index contributed by atoms with van der Waals surface area (Å²) in [7, 11) is -3.54. The fourth-order valence-electron chi connectivity index (χ4n) is 2.50. The fraction of sp³-hybridized carbons (Fsp3) is 0.571. The molecule has 0 bridgehead atoms. The highest BCUT2D eigenvalue weighted by Crippen LogP contribution is 2.15. The Balaban J connectivity index is 1.93. The third-order valence-electron chi connectivity index (χ3n) is 3.60. The second-order valence-electron chi connectivity index (χ2n) is 5.07. The smallest absolute Gasteiger partial charge is 0.240 e. The van der Waals surface area contributed by atoms with Gasteiger partial charge >= 0.3 is 0 Å². The monoisotopic (exact) mass is 298 g/mol. The van der Waals surface area contributed by atoms with Gasteiger partial charge in [-0.2, -0.15) is 0 Å². The molecule has 2 rings (SSSR count). The number of hydrogen-bond donors (Lipinski definition) is 2. The molecule has 0 unspecified atom stereocenters. The molecule has 1 aromatic carbocycles. The van der Waals surface area contributed by atoms with E-state index >= 15 is 0 Å². The molecule has 0 aromatic heterocycles. The summed E-state index contributed by atoms with van der Waals surface area (Å²) in [4.78, 5) is 2.45. The number of nitrogens with zero attached hydrogens (tertiary/aromatic N) is 1. The van der Waals surface area contributed by atoms with Crippen molar-refractivity contribution in [3.8, 4) is 0 Å². The van der Waals surface area contributed by atoms with E-state index in [-0.39, 0.29) is 11.5 Å². The van der Waals surface area contributed by atoms with Crippen molar-refractivity contribution in [2.75, 3.05) is 26.2 Å². The molecule has 0 aliphatic carbocycles. The molecule has 5 nitrogen and oxygen atoms in total. The Morgan fingerprint density at radius 1 is 1.15 bits per heavy atom. The summed E-state index contributed by atoms with van der Waals surface area (Å²) in [6.07, 6.45) is 3.66. The van der Waals surface area contributed by atoms with Gasteiger partial charge in [0.15, 0.2) is 0 Å². The van der Waals surface area contributed by atoms with Gasteiger partial charge in [-0.25, -0.2) is 13.1 Å². The van der Waals surface area contributed by atoms with Gasteiger partial charge in [0, 0.05) is 13.1 Å². The minimum atomic E-state index is -3.54. The minimum absolute atomic E-state index is 0.168. The lowest BCUT2D eigenvalue weighted by Gasteiger charge is -2.26. The summed E-state index contributed by atoms with van der Waals surface area (Å²) >= 11 is 0. The highest BCUT2D eigenvalue weighted by Gasteiger charge is 2.18. The zero-order valence-corrected chi connectivity index (χ0v) is 12.4. The molecule has 6 heteroatoms. The van der Waals surface area contributed by atoms with Crippen molar-refractivity contribution in [1.82, 2.24) is 9.62 Å². The predicted molar refractivity (Wildman–Crippen MR) is 77.8 cm³/mol. The Labute approximate surface area is 120 Å². The van der Waals surface area contributed by atoms with Gasteiger partial charge in [0.05, 0.1) is 11.5 Å². The van der Waals surface area contributed by atoms with E-state index < -0.39 is 10.0 Å². The van der Waals surface area contributed by atoms with Crippen LogP contribution in [0.5, 0.6) is 0 Å². The first-order valence-corrected chi connectivity index (χ1v) is 8.52. The van der Waals surface area contributed by atoms with Gasteiger partial charge in [0.1, 0.15) is 0 Å². The van der Waals surface area contributed by atoms with E-state index in [2.05, 4.69) is 9.62 Å². The van der Waals surface area contributed by atoms with Crippen LogP contribution >= 0.6 is 0 Å². The molecule has 1 fully saturated rings. The van der Waals surface area contributed by atoms with Crippen LogP contribution < -0.4 is 4.72 Å². The maximum absolute atomic E-state index is 12.2. The quantitative estimate of drug-likeness (QED) is 0.820. The van der Waals surface area contributed by atoms with Crippen molar-refractivity contribution >= 4 is 10.0 Å². The van der Waals surface area contributed by atoms with Crippen LogP contribution in [0.2, 0.25) is 0 Å². The third kappa shape index (κ3) is 4.02. The van der Waals surface area contributed by atoms with Crippen molar-refractivity contribution in [1.29, 1.82) is 0 Å². The number of benzene rings is 1. The van der Waals surface area contributed by atoms with Crippen molar-refractivity contribution in [3.63, 3.8) is 0 Å². The number of aliphatic hydroxyl groups is 1. The van der Waals surface area contributed by atoms with Gasteiger partial charge in [-0.05, 0) is 37.6 Å². The lowest BCUT2D eigenvalue weighted by molar-refractivity contribution is 0.232. The van der Waals surface area contributed by atoms with Crippen LogP contribution in [0.3, 0.4) is 0 Å². The summed E-state index contributed by atoms with van der Waals surface area (Å²) in [5.41, 5.74) is 0.429. The van der Waals surface area contributed by atoms with Gasteiger partial charge in [-0.15, -0.1) is 0 Å². The number of likely N-dealkylation sites (tertiary alicyclic amines) is 1. The first-order valence-electron chi connectivity index (χ1n) is 7.04. The van der Waals surface area contributed by atoms with Crippen molar-refractivity contribution in [3.05, 3.63) is 29.8 Å². The van der Waals surface area contributed by atoms with Gasteiger partial charge < -0.3 is 10.0 Å². The molecule has 1 saturated heterocycles. The van der Waals surface area contributed by atoms with Gasteiger partial charge in [-0.1, -0.05) is 24.6 Å². The van der Waals surface area contributed by atoms with Crippen LogP contribution in [-0.2, 0) is 16.6 Å². The summed E-state index contributed by atoms with van der Waals surface area (Å²) in [5.74, 6) is 0. The molecule has 112 valence electrons. The number of nitrogens with one attached hydrogen (secondary N) is 1. The second-order valence-corrected chi connectivity index (χ2v) is 6.80. The number of rotatable bonds is 6. The molecule has 1 aromatic rings. The SMILES string of the molecule is O=S(=O)(NCCN1CCCCC1)c1ccccc1CO. The standard InChI is InChI=1S/C14H22N2O3S/c17-12-13-6-2-3-7-14(13)20(18,19)15-8-11-16-9-4-1-5-10-16/h2-3,6-7,15,17H,1,4-5,8-12H2. The van der Waals surface area contributed by atoms with E-state index in [1.807, 2.05) is 0 Å². The Bertz CT molecular complexity index is 525. The third-order valence-corrected chi connectivity index (χ3v) is 5.16. The summed E-state index contributed by atoms with van der Waals surface area (Å²) in [6, 6.07) is 6.53. The average Bonchev–Trinajstić information content (AvgIpc) is 2.48. The van der Waals surface area contributed by atoms with Gasteiger partial charge in [-0.3, -0.25) is 0 Å². The topological polar surface area (TPSA) is 69.6 Å². The maximum Gasteiger partial charge on any atom is 0.240 e. The predicted octanol–water partition coefficient (Wildman–Crippen LogP) is 0.943. The van der Waals surface area contributed by atoms with E-state index in [1.165, 1.54) is 25.3 Å². The molecule has 0 spiro atoms. The minimum Gasteiger partial charge on any atom is -0.392 e. The van der Waals surface area contributed by atoms with Crippen LogP contribution in [0.25, 0.3) is 0 Å². The summed E-state index contributed by atoms with van der Waals surface area (Å²) < 4.78 is 27.0. The highest BCUT2D eigenvalue weighted by molar-refractivity contribution is 7.89. The molecule has 2 N–H and O–H groups in total. The molecule has 0 amide bonds. The van der Waals surface area contributed by atoms with E-state index in [0.717, 1.165) is 19.6 Å². The number of hydrogen-bond acceptors (Lipinski definition) is 4. The lowest BCUT2D eigenvalue weighted by Crippen LogP contribution is -2.37. The molecule has 1 aliphatic heterocycles. The van der Waals surface area contributed by atoms with E-state index in [0.29, 0.717) is 12.1 Å². The van der Waals surface area contributed by atoms with Gasteiger partial charge in [0.2, 0.25) is 10.0 Å². The number of piperidine rings is 1. The molecule has 1 aliphatic rings. The molecule has 20 heavy (non-hydrogen) atoms. The van der Waals surface area contributed by atoms with Crippen molar-refractivity contribution in [2.45, 2.75) is 30.8 Å². The molecular weight excluding hydrogens is 276 g/mol. The average molecular weight is 298 g/mol. The normalized spacial score (nSPS) is 17.2. The van der Waals surface area contributed by atoms with E-state index in [9.17, 15) is 13.5 Å². The number of aliphatic hydroxyl groups excluding tert-OH is 1. The van der Waals surface area contributed by atoms with Crippen LogP contribution in [-0.4, -0.2) is 44.6 Å². The zero-order chi connectivity index (χ0) is 14.4. The molecule has 0 saturated carbocycles. The fourth-order valence-corrected chi connectivity index (χ4v) is 3.75. The molecular formula is C14H22N2O3S. The van der Waals surface area contributed by atoms with Crippen molar-refractivity contribution < 1.29 is 13.5 Å². The Kier molecular flexibility index (Phi) is 5.54. The van der Waals surface area contributed by atoms with Crippen LogP contribution in [0.15, 0.2) is 29.2 Å². The Morgan fingerprint density at radius 3 is 2.55 bits per heavy atom. The molecule has 0 radical (unpaired) electrons. The zero-order valence-electron chi connectivity index (χ0n) is 11.6. The first kappa shape index (κ1) is 15.4. The second kappa shape index (κ2) is 7.17. The van der Waals surface area contributed by atoms with Crippen molar-refractivity contribution in [2.24, 2.45) is 0 Å². The first-order chi connectivity index (χ1) is 9.63. The highest BCUT2D eigenvalue weighted by atomic mass is 32.2. The van der Waals surface area contributed by atoms with Gasteiger partial charge in [0.25, 0.3) is 0 Å². The van der Waals surface area contributed by atoms with E-state index in [4.69, 9.17) is 0 Å². The molecule has 0 atom stereocenters. The Morgan fingerprint density at radius 2 is 1.85 bits per heavy atom.